The Morgan fingerprint density at radius 3 is 2.03 bits per heavy atom. The number of Topliss-reactive ketones (excluding diaryl/α,β-unsaturated/α-hetero) is 1. The van der Waals surface area contributed by atoms with Crippen LogP contribution in [0.25, 0.3) is 11.1 Å². The van der Waals surface area contributed by atoms with Crippen LogP contribution in [0.15, 0.2) is 60.9 Å². The van der Waals surface area contributed by atoms with Crippen molar-refractivity contribution in [2.45, 2.75) is 62.9 Å². The van der Waals surface area contributed by atoms with Gasteiger partial charge in [-0.25, -0.2) is 14.8 Å². The quantitative estimate of drug-likeness (QED) is 0.392. The number of fused-ring (bicyclic) bond motifs is 5. The number of benzene rings is 2. The maximum atomic E-state index is 13.5. The fourth-order valence-corrected chi connectivity index (χ4v) is 7.33. The second-order valence-electron chi connectivity index (χ2n) is 11.4. The number of nitrogens with zero attached hydrogens (tertiary/aromatic N) is 4. The van der Waals surface area contributed by atoms with Gasteiger partial charge in [0, 0.05) is 49.4 Å². The van der Waals surface area contributed by atoms with E-state index in [1.54, 1.807) is 12.4 Å². The van der Waals surface area contributed by atoms with Gasteiger partial charge in [0.25, 0.3) is 0 Å². The Morgan fingerprint density at radius 1 is 0.821 bits per heavy atom. The summed E-state index contributed by atoms with van der Waals surface area (Å²) in [4.78, 5) is 40.1. The van der Waals surface area contributed by atoms with Crippen LogP contribution in [0.2, 0.25) is 0 Å². The first kappa shape index (κ1) is 24.3. The Labute approximate surface area is 229 Å². The molecule has 200 valence electrons. The Balaban J connectivity index is 1.03. The first-order valence-electron chi connectivity index (χ1n) is 14.4. The Bertz CT molecular complexity index is 1320. The monoisotopic (exact) mass is 522 g/mol. The molecule has 3 aromatic rings. The number of ketones is 1. The summed E-state index contributed by atoms with van der Waals surface area (Å²) in [5, 5.41) is 0. The Hall–Kier alpha value is -3.74. The highest BCUT2D eigenvalue weighted by Crippen LogP contribution is 2.45. The number of ether oxygens (including phenoxy) is 1. The molecule has 4 aliphatic rings. The number of piperidine rings is 2. The number of amides is 1. The highest BCUT2D eigenvalue weighted by atomic mass is 16.6. The van der Waals surface area contributed by atoms with E-state index in [1.807, 2.05) is 4.90 Å². The van der Waals surface area contributed by atoms with E-state index in [0.717, 1.165) is 45.2 Å². The van der Waals surface area contributed by atoms with Gasteiger partial charge in [-0.3, -0.25) is 4.79 Å². The second-order valence-corrected chi connectivity index (χ2v) is 11.4. The van der Waals surface area contributed by atoms with Crippen LogP contribution < -0.4 is 4.90 Å². The molecule has 0 saturated carbocycles. The molecule has 2 bridgehead atoms. The van der Waals surface area contributed by atoms with Gasteiger partial charge in [-0.2, -0.15) is 0 Å². The van der Waals surface area contributed by atoms with Crippen molar-refractivity contribution in [2.75, 3.05) is 24.6 Å². The van der Waals surface area contributed by atoms with Crippen molar-refractivity contribution in [1.82, 2.24) is 14.9 Å². The topological polar surface area (TPSA) is 75.6 Å². The number of aromatic nitrogens is 2. The van der Waals surface area contributed by atoms with Crippen LogP contribution in [0.5, 0.6) is 0 Å². The summed E-state index contributed by atoms with van der Waals surface area (Å²) in [6.45, 7) is 2.28. The van der Waals surface area contributed by atoms with E-state index in [2.05, 4.69) is 63.4 Å². The van der Waals surface area contributed by atoms with Crippen LogP contribution in [0, 0.1) is 5.92 Å². The van der Waals surface area contributed by atoms with Gasteiger partial charge in [0.1, 0.15) is 6.61 Å². The minimum atomic E-state index is -0.240. The zero-order valence-corrected chi connectivity index (χ0v) is 22.2. The third kappa shape index (κ3) is 4.38. The lowest BCUT2D eigenvalue weighted by atomic mass is 9.76. The number of anilines is 1. The number of hydrogen-bond acceptors (Lipinski definition) is 6. The van der Waals surface area contributed by atoms with Crippen molar-refractivity contribution in [1.29, 1.82) is 0 Å². The van der Waals surface area contributed by atoms with Gasteiger partial charge in [0.05, 0.1) is 5.56 Å². The van der Waals surface area contributed by atoms with E-state index >= 15 is 0 Å². The van der Waals surface area contributed by atoms with Crippen LogP contribution in [-0.4, -0.2) is 58.5 Å². The summed E-state index contributed by atoms with van der Waals surface area (Å²) < 4.78 is 6.04. The molecule has 1 aliphatic carbocycles. The molecule has 39 heavy (non-hydrogen) atoms. The predicted octanol–water partition coefficient (Wildman–Crippen LogP) is 5.84. The maximum absolute atomic E-state index is 13.5. The molecule has 7 heteroatoms. The summed E-state index contributed by atoms with van der Waals surface area (Å²) in [5.74, 6) is 0.751. The molecule has 3 fully saturated rings. The van der Waals surface area contributed by atoms with Gasteiger partial charge < -0.3 is 14.5 Å². The predicted molar refractivity (Wildman–Crippen MR) is 149 cm³/mol. The van der Waals surface area contributed by atoms with Crippen LogP contribution in [0.4, 0.5) is 10.7 Å². The minimum Gasteiger partial charge on any atom is -0.448 e. The van der Waals surface area contributed by atoms with Crippen molar-refractivity contribution in [3.8, 4) is 11.1 Å². The zero-order chi connectivity index (χ0) is 26.3. The van der Waals surface area contributed by atoms with Gasteiger partial charge in [-0.1, -0.05) is 48.5 Å². The maximum Gasteiger partial charge on any atom is 0.410 e. The van der Waals surface area contributed by atoms with Gasteiger partial charge >= 0.3 is 6.09 Å². The zero-order valence-electron chi connectivity index (χ0n) is 22.2. The van der Waals surface area contributed by atoms with Crippen molar-refractivity contribution in [3.05, 3.63) is 77.6 Å². The lowest BCUT2D eigenvalue weighted by Crippen LogP contribution is -2.55. The van der Waals surface area contributed by atoms with E-state index in [1.165, 1.54) is 22.3 Å². The van der Waals surface area contributed by atoms with E-state index in [0.29, 0.717) is 31.0 Å². The van der Waals surface area contributed by atoms with Crippen molar-refractivity contribution < 1.29 is 14.3 Å². The summed E-state index contributed by atoms with van der Waals surface area (Å²) in [6, 6.07) is 16.9. The van der Waals surface area contributed by atoms with Crippen LogP contribution in [0.1, 0.15) is 72.3 Å². The van der Waals surface area contributed by atoms with Gasteiger partial charge in [-0.15, -0.1) is 0 Å². The average Bonchev–Trinajstić information content (AvgIpc) is 3.62. The van der Waals surface area contributed by atoms with Gasteiger partial charge in [0.2, 0.25) is 5.95 Å². The molecule has 4 heterocycles. The third-order valence-electron chi connectivity index (χ3n) is 9.20. The highest BCUT2D eigenvalue weighted by molar-refractivity contribution is 5.97. The first-order valence-corrected chi connectivity index (χ1v) is 14.4. The highest BCUT2D eigenvalue weighted by Gasteiger charge is 2.44. The minimum absolute atomic E-state index is 0.0342. The molecule has 1 amide bonds. The van der Waals surface area contributed by atoms with Gasteiger partial charge in [-0.05, 0) is 67.2 Å². The molecular weight excluding hydrogens is 488 g/mol. The van der Waals surface area contributed by atoms with E-state index in [4.69, 9.17) is 4.74 Å². The molecule has 0 radical (unpaired) electrons. The largest absolute Gasteiger partial charge is 0.448 e. The Morgan fingerprint density at radius 2 is 1.41 bits per heavy atom. The van der Waals surface area contributed by atoms with E-state index in [-0.39, 0.29) is 35.8 Å². The molecular formula is C32H34N4O3. The molecule has 3 aliphatic heterocycles. The molecule has 2 unspecified atom stereocenters. The lowest BCUT2D eigenvalue weighted by Gasteiger charge is -2.47. The molecule has 7 rings (SSSR count). The molecule has 0 spiro atoms. The lowest BCUT2D eigenvalue weighted by molar-refractivity contribution is 0.00649. The molecule has 2 aromatic carbocycles. The Kier molecular flexibility index (Phi) is 6.30. The number of rotatable bonds is 5. The third-order valence-corrected chi connectivity index (χ3v) is 9.20. The number of carbonyl (C=O) groups excluding carboxylic acids is 2. The average molecular weight is 523 g/mol. The smallest absolute Gasteiger partial charge is 0.410 e. The fraction of sp³-hybridized carbons (Fsp3) is 0.438. The molecule has 2 atom stereocenters. The normalized spacial score (nSPS) is 23.8. The summed E-state index contributed by atoms with van der Waals surface area (Å²) in [6.07, 6.45) is 9.72. The van der Waals surface area contributed by atoms with E-state index in [9.17, 15) is 9.59 Å². The van der Waals surface area contributed by atoms with Crippen LogP contribution in [-0.2, 0) is 4.74 Å². The van der Waals surface area contributed by atoms with Crippen molar-refractivity contribution in [2.24, 2.45) is 5.92 Å². The SMILES string of the molecule is O=C(c1cnc(N2CCCC2)nc1)C1CC2CCCC(C1)N2C(=O)OCC1c2ccccc2-c2ccccc21. The van der Waals surface area contributed by atoms with E-state index < -0.39 is 0 Å². The first-order chi connectivity index (χ1) is 19.2. The van der Waals surface area contributed by atoms with Crippen LogP contribution >= 0.6 is 0 Å². The second kappa shape index (κ2) is 10.1. The summed E-state index contributed by atoms with van der Waals surface area (Å²) >= 11 is 0. The summed E-state index contributed by atoms with van der Waals surface area (Å²) in [7, 11) is 0. The van der Waals surface area contributed by atoms with Crippen LogP contribution in [0.3, 0.4) is 0 Å². The van der Waals surface area contributed by atoms with Crippen molar-refractivity contribution in [3.63, 3.8) is 0 Å². The summed E-state index contributed by atoms with van der Waals surface area (Å²) in [5.41, 5.74) is 5.46. The number of hydrogen-bond donors (Lipinski definition) is 0. The standard InChI is InChI=1S/C32H34N4O3/c37-30(22-18-33-31(34-19-22)35-14-5-6-15-35)21-16-23-8-7-9-24(17-21)36(23)32(38)39-20-29-27-12-3-1-10-25(27)26-11-2-4-13-28(26)29/h1-4,10-13,18-19,21,23-24,29H,5-9,14-17,20H2. The molecule has 0 N–H and O–H groups in total. The fourth-order valence-electron chi connectivity index (χ4n) is 7.33. The molecule has 3 saturated heterocycles. The van der Waals surface area contributed by atoms with Gasteiger partial charge in [0.15, 0.2) is 5.78 Å². The van der Waals surface area contributed by atoms with Crippen molar-refractivity contribution >= 4 is 17.8 Å². The molecule has 1 aromatic heterocycles. The number of carbonyl (C=O) groups is 2. The molecule has 7 nitrogen and oxygen atoms in total.